The first-order chi connectivity index (χ1) is 30.3. The van der Waals surface area contributed by atoms with Crippen LogP contribution in [0.15, 0.2) is 152 Å². The Bertz CT molecular complexity index is 3200. The first-order valence-electron chi connectivity index (χ1n) is 22.5. The van der Waals surface area contributed by atoms with E-state index >= 15 is 0 Å². The first kappa shape index (κ1) is 45.5. The van der Waals surface area contributed by atoms with Gasteiger partial charge in [-0.15, -0.1) is 0 Å². The predicted octanol–water partition coefficient (Wildman–Crippen LogP) is 13.2. The molecule has 332 valence electrons. The monoisotopic (exact) mass is 1040 g/mol. The topological polar surface area (TPSA) is 47.2 Å². The summed E-state index contributed by atoms with van der Waals surface area (Å²) in [6.45, 7) is 24.7. The summed E-state index contributed by atoms with van der Waals surface area (Å²) in [7, 11) is 0. The second-order valence-electron chi connectivity index (χ2n) is 21.0. The molecule has 0 saturated carbocycles. The smallest absolute Gasteiger partial charge is 0.189 e. The van der Waals surface area contributed by atoms with Crippen LogP contribution in [0.25, 0.3) is 55.8 Å². The molecule has 0 bridgehead atoms. The Labute approximate surface area is 399 Å². The summed E-state index contributed by atoms with van der Waals surface area (Å²) < 4.78 is 4.48. The summed E-state index contributed by atoms with van der Waals surface area (Å²) in [6.07, 6.45) is 7.94. The van der Waals surface area contributed by atoms with E-state index in [-0.39, 0.29) is 37.3 Å². The van der Waals surface area contributed by atoms with E-state index in [4.69, 9.17) is 4.98 Å². The maximum atomic E-state index is 12.6. The fourth-order valence-electron chi connectivity index (χ4n) is 9.30. The average Bonchev–Trinajstić information content (AvgIpc) is 3.65. The maximum Gasteiger partial charge on any atom is 0.189 e. The molecule has 0 unspecified atom stereocenters. The van der Waals surface area contributed by atoms with Gasteiger partial charge in [0.05, 0.1) is 0 Å². The van der Waals surface area contributed by atoms with Crippen molar-refractivity contribution in [2.75, 3.05) is 4.90 Å². The molecule has 4 heterocycles. The van der Waals surface area contributed by atoms with Crippen LogP contribution in [0.3, 0.4) is 0 Å². The van der Waals surface area contributed by atoms with Crippen LogP contribution in [0, 0.1) is 12.5 Å². The van der Waals surface area contributed by atoms with Gasteiger partial charge in [0, 0.05) is 55.8 Å². The van der Waals surface area contributed by atoms with Gasteiger partial charge in [0.15, 0.2) is 17.9 Å². The third-order valence-corrected chi connectivity index (χ3v) is 13.0. The van der Waals surface area contributed by atoms with Gasteiger partial charge in [0.1, 0.15) is 16.6 Å². The molecule has 0 fully saturated rings. The van der Waals surface area contributed by atoms with Crippen molar-refractivity contribution in [2.45, 2.75) is 97.9 Å². The summed E-state index contributed by atoms with van der Waals surface area (Å²) >= 11 is 0. The van der Waals surface area contributed by atoms with Crippen LogP contribution in [-0.2, 0) is 37.3 Å². The summed E-state index contributed by atoms with van der Waals surface area (Å²) in [6, 6.07) is 51.9. The molecule has 65 heavy (non-hydrogen) atoms. The Kier molecular flexibility index (Phi) is 11.7. The number of anilines is 1. The molecule has 9 rings (SSSR count). The molecule has 0 saturated heterocycles. The molecule has 0 atom stereocenters. The number of rotatable bonds is 6. The van der Waals surface area contributed by atoms with E-state index in [9.17, 15) is 5.11 Å². The van der Waals surface area contributed by atoms with Crippen LogP contribution < -0.4 is 14.5 Å². The molecule has 0 amide bonds. The van der Waals surface area contributed by atoms with E-state index in [2.05, 4.69) is 242 Å². The van der Waals surface area contributed by atoms with Crippen molar-refractivity contribution in [1.82, 2.24) is 9.55 Å². The van der Waals surface area contributed by atoms with E-state index < -0.39 is 5.54 Å². The number of aromatic hydroxyl groups is 1. The van der Waals surface area contributed by atoms with Crippen molar-refractivity contribution in [3.63, 3.8) is 0 Å². The van der Waals surface area contributed by atoms with Crippen molar-refractivity contribution in [3.8, 4) is 45.1 Å². The Morgan fingerprint density at radius 2 is 1.25 bits per heavy atom. The molecule has 1 aliphatic rings. The minimum absolute atomic E-state index is 0. The van der Waals surface area contributed by atoms with Gasteiger partial charge in [-0.25, -0.2) is 4.24 Å². The van der Waals surface area contributed by atoms with Gasteiger partial charge in [0.25, 0.3) is 0 Å². The van der Waals surface area contributed by atoms with Crippen molar-refractivity contribution >= 4 is 22.2 Å². The van der Waals surface area contributed by atoms with E-state index in [1.165, 1.54) is 16.7 Å². The van der Waals surface area contributed by atoms with Crippen LogP contribution in [0.2, 0.25) is 0 Å². The normalized spacial score (nSPS) is 13.9. The number of nitrogens with zero attached hydrogens (tertiary/aromatic N) is 4. The first-order valence-corrected chi connectivity index (χ1v) is 22.5. The molecule has 6 heteroatoms. The molecule has 5 aromatic carbocycles. The number of aromatic nitrogens is 3. The minimum Gasteiger partial charge on any atom is -0.504 e. The van der Waals surface area contributed by atoms with Gasteiger partial charge >= 0.3 is 0 Å². The van der Waals surface area contributed by atoms with Gasteiger partial charge in [0.2, 0.25) is 0 Å². The molecule has 5 nitrogen and oxygen atoms in total. The van der Waals surface area contributed by atoms with Crippen LogP contribution >= 0.6 is 0 Å². The van der Waals surface area contributed by atoms with E-state index in [0.717, 1.165) is 72.4 Å². The number of pyridine rings is 2. The van der Waals surface area contributed by atoms with Gasteiger partial charge in [-0.05, 0) is 93.3 Å². The maximum absolute atomic E-state index is 12.6. The van der Waals surface area contributed by atoms with Gasteiger partial charge in [-0.3, -0.25) is 9.88 Å². The number of phenolic OH excluding ortho intramolecular Hbond substituents is 1. The zero-order chi connectivity index (χ0) is 45.3. The molecule has 0 aliphatic carbocycles. The van der Waals surface area contributed by atoms with Crippen LogP contribution in [0.5, 0.6) is 5.75 Å². The molecule has 1 N–H and O–H groups in total. The number of phenols is 1. The minimum atomic E-state index is -0.663. The fourth-order valence-corrected chi connectivity index (χ4v) is 9.30. The summed E-state index contributed by atoms with van der Waals surface area (Å²) in [5.74, 6) is 1.20. The Morgan fingerprint density at radius 3 is 1.91 bits per heavy atom. The molecule has 3 aromatic heterocycles. The van der Waals surface area contributed by atoms with Gasteiger partial charge in [-0.2, -0.15) is 0 Å². The van der Waals surface area contributed by atoms with Crippen LogP contribution in [0.1, 0.15) is 98.4 Å². The van der Waals surface area contributed by atoms with Crippen LogP contribution in [0.4, 0.5) is 5.69 Å². The second-order valence-corrected chi connectivity index (χ2v) is 21.0. The Balaban J connectivity index is 0.00000576. The number of para-hydroxylation sites is 1. The molecular weight excluding hydrogens is 976 g/mol. The Morgan fingerprint density at radius 1 is 0.600 bits per heavy atom. The summed E-state index contributed by atoms with van der Waals surface area (Å²) in [5.41, 5.74) is 12.6. The third-order valence-electron chi connectivity index (χ3n) is 13.0. The predicted molar refractivity (Wildman–Crippen MR) is 265 cm³/mol. The zero-order valence-corrected chi connectivity index (χ0v) is 41.8. The summed E-state index contributed by atoms with van der Waals surface area (Å²) in [4.78, 5) is 7.24. The second kappa shape index (κ2) is 16.8. The number of hydrogen-bond acceptors (Lipinski definition) is 3. The van der Waals surface area contributed by atoms with E-state index in [0.29, 0.717) is 5.75 Å². The van der Waals surface area contributed by atoms with Gasteiger partial charge in [-0.1, -0.05) is 195 Å². The van der Waals surface area contributed by atoms with E-state index in [1.807, 2.05) is 12.3 Å². The largest absolute Gasteiger partial charge is 0.504 e. The molecular formula is C59H60N4OPt. The van der Waals surface area contributed by atoms with E-state index in [1.54, 1.807) is 0 Å². The molecule has 0 spiro atoms. The number of benzene rings is 5. The molecule has 1 aliphatic heterocycles. The van der Waals surface area contributed by atoms with Crippen LogP contribution in [-0.4, -0.2) is 20.2 Å². The standard InChI is InChI=1S/C59H60N4O.Pt/c1-56(2,3)42-29-30-45(46(34-42)40-23-16-13-17-24-40)54-51-27-20-28-53(62(51)38-63(59(54,10)11)52-36-43(57(4,5)6)35-48(55(52)64)58(7,8)9)61-37-47(44-25-18-19-26-50(44)61)49-33-41(31-32-60-49)39-21-14-12-15-22-39;/h12-36,38,64H,1-11H3;. The SMILES string of the molecule is CC(C)(C)c1ccc(C2=c3cccc(-n4[c-]c(-c5cc(-c6ccccc6)ccn5)c5ccccc54)[n+]3=CN(c3cc(C(C)(C)C)cc(C(C)(C)C)c3O)C2(C)C)c(-c2ccccc2)c1.[Pt]. The quantitative estimate of drug-likeness (QED) is 0.133. The summed E-state index contributed by atoms with van der Waals surface area (Å²) in [5, 5.41) is 14.7. The number of hydrogen-bond donors (Lipinski definition) is 1. The molecule has 0 radical (unpaired) electrons. The van der Waals surface area contributed by atoms with Gasteiger partial charge < -0.3 is 9.67 Å². The Hall–Kier alpha value is -6.03. The number of fused-ring (bicyclic) bond motifs is 2. The fraction of sp³-hybridized carbons (Fsp3) is 0.254. The average molecular weight is 1040 g/mol. The molecule has 8 aromatic rings. The van der Waals surface area contributed by atoms with Crippen molar-refractivity contribution in [2.24, 2.45) is 0 Å². The van der Waals surface area contributed by atoms with Crippen molar-refractivity contribution in [1.29, 1.82) is 0 Å². The zero-order valence-electron chi connectivity index (χ0n) is 39.6. The van der Waals surface area contributed by atoms with Crippen molar-refractivity contribution < 1.29 is 30.4 Å². The third kappa shape index (κ3) is 8.29. The van der Waals surface area contributed by atoms with Crippen molar-refractivity contribution in [3.05, 3.63) is 192 Å².